The molecule has 0 heterocycles. The quantitative estimate of drug-likeness (QED) is 0.513. The Morgan fingerprint density at radius 2 is 1.60 bits per heavy atom. The number of amides is 1. The predicted octanol–water partition coefficient (Wildman–Crippen LogP) is 6.06. The van der Waals surface area contributed by atoms with Crippen molar-refractivity contribution in [1.82, 2.24) is 0 Å². The molecule has 0 aromatic heterocycles. The maximum absolute atomic E-state index is 14.1. The van der Waals surface area contributed by atoms with Gasteiger partial charge in [-0.25, -0.2) is 4.39 Å². The van der Waals surface area contributed by atoms with Crippen molar-refractivity contribution >= 4 is 39.3 Å². The molecule has 1 amide bonds. The number of anilines is 1. The van der Waals surface area contributed by atoms with Crippen LogP contribution in [0.3, 0.4) is 0 Å². The number of carbonyl (C=O) groups is 1. The van der Waals surface area contributed by atoms with Crippen LogP contribution in [0.5, 0.6) is 0 Å². The minimum Gasteiger partial charge on any atom is -0.322 e. The molecule has 3 rings (SSSR count). The number of thioether (sulfide) groups is 1. The first kappa shape index (κ1) is 17.7. The van der Waals surface area contributed by atoms with E-state index in [1.54, 1.807) is 12.1 Å². The highest BCUT2D eigenvalue weighted by molar-refractivity contribution is 9.10. The molecule has 0 aliphatic carbocycles. The summed E-state index contributed by atoms with van der Waals surface area (Å²) in [5.41, 5.74) is 1.04. The highest BCUT2D eigenvalue weighted by Crippen LogP contribution is 2.36. The SMILES string of the molecule is O=C(Nc1ccc(Br)cc1F)[C@H](Sc1ccccc1)c1ccccc1. The van der Waals surface area contributed by atoms with Crippen LogP contribution in [0.4, 0.5) is 10.1 Å². The number of carbonyl (C=O) groups excluding carboxylic acids is 1. The zero-order valence-electron chi connectivity index (χ0n) is 13.2. The van der Waals surface area contributed by atoms with Crippen molar-refractivity contribution in [3.8, 4) is 0 Å². The van der Waals surface area contributed by atoms with Crippen LogP contribution in [0.2, 0.25) is 0 Å². The smallest absolute Gasteiger partial charge is 0.242 e. The summed E-state index contributed by atoms with van der Waals surface area (Å²) < 4.78 is 14.7. The average molecular weight is 416 g/mol. The van der Waals surface area contributed by atoms with Gasteiger partial charge in [-0.1, -0.05) is 64.5 Å². The summed E-state index contributed by atoms with van der Waals surface area (Å²) in [6.45, 7) is 0. The molecule has 5 heteroatoms. The number of nitrogens with one attached hydrogen (secondary N) is 1. The first-order chi connectivity index (χ1) is 12.1. The number of rotatable bonds is 5. The van der Waals surface area contributed by atoms with Crippen LogP contribution in [0.25, 0.3) is 0 Å². The molecule has 0 fully saturated rings. The maximum atomic E-state index is 14.1. The van der Waals surface area contributed by atoms with E-state index in [-0.39, 0.29) is 11.6 Å². The fourth-order valence-corrected chi connectivity index (χ4v) is 3.70. The minimum absolute atomic E-state index is 0.169. The largest absolute Gasteiger partial charge is 0.322 e. The molecule has 0 aliphatic heterocycles. The average Bonchev–Trinajstić information content (AvgIpc) is 2.63. The summed E-state index contributed by atoms with van der Waals surface area (Å²) in [6.07, 6.45) is 0. The van der Waals surface area contributed by atoms with Gasteiger partial charge in [0.25, 0.3) is 0 Å². The molecule has 25 heavy (non-hydrogen) atoms. The zero-order valence-corrected chi connectivity index (χ0v) is 15.6. The second-order valence-corrected chi connectivity index (χ2v) is 7.43. The molecule has 0 saturated heterocycles. The lowest BCUT2D eigenvalue weighted by atomic mass is 10.1. The van der Waals surface area contributed by atoms with Gasteiger partial charge in [-0.3, -0.25) is 4.79 Å². The fourth-order valence-electron chi connectivity index (χ4n) is 2.33. The van der Waals surface area contributed by atoms with Crippen LogP contribution in [-0.4, -0.2) is 5.91 Å². The molecule has 0 radical (unpaired) electrons. The zero-order chi connectivity index (χ0) is 17.6. The molecular weight excluding hydrogens is 401 g/mol. The van der Waals surface area contributed by atoms with Crippen molar-refractivity contribution < 1.29 is 9.18 Å². The number of halogens is 2. The number of hydrogen-bond acceptors (Lipinski definition) is 2. The van der Waals surface area contributed by atoms with Gasteiger partial charge in [-0.05, 0) is 35.9 Å². The second kappa shape index (κ2) is 8.32. The van der Waals surface area contributed by atoms with Crippen LogP contribution in [-0.2, 0) is 4.79 Å². The van der Waals surface area contributed by atoms with E-state index in [0.717, 1.165) is 10.5 Å². The molecule has 3 aromatic rings. The highest BCUT2D eigenvalue weighted by atomic mass is 79.9. The number of hydrogen-bond donors (Lipinski definition) is 1. The topological polar surface area (TPSA) is 29.1 Å². The Labute approximate surface area is 158 Å². The van der Waals surface area contributed by atoms with Crippen molar-refractivity contribution in [2.24, 2.45) is 0 Å². The Kier molecular flexibility index (Phi) is 5.89. The van der Waals surface area contributed by atoms with Crippen molar-refractivity contribution in [3.63, 3.8) is 0 Å². The summed E-state index contributed by atoms with van der Waals surface area (Å²) in [6, 6.07) is 23.7. The molecule has 0 spiro atoms. The molecule has 0 aliphatic rings. The summed E-state index contributed by atoms with van der Waals surface area (Å²) in [4.78, 5) is 13.8. The van der Waals surface area contributed by atoms with E-state index in [1.165, 1.54) is 17.8 Å². The van der Waals surface area contributed by atoms with E-state index in [4.69, 9.17) is 0 Å². The van der Waals surface area contributed by atoms with Crippen LogP contribution >= 0.6 is 27.7 Å². The summed E-state index contributed by atoms with van der Waals surface area (Å²) in [5, 5.41) is 2.22. The normalized spacial score (nSPS) is 11.8. The predicted molar refractivity (Wildman–Crippen MR) is 104 cm³/mol. The molecule has 0 saturated carbocycles. The summed E-state index contributed by atoms with van der Waals surface area (Å²) >= 11 is 4.65. The molecule has 1 atom stereocenters. The van der Waals surface area contributed by atoms with Gasteiger partial charge in [0.15, 0.2) is 0 Å². The third-order valence-corrected chi connectivity index (χ3v) is 5.29. The Balaban J connectivity index is 1.87. The Bertz CT molecular complexity index is 858. The lowest BCUT2D eigenvalue weighted by Crippen LogP contribution is -2.19. The van der Waals surface area contributed by atoms with Crippen molar-refractivity contribution in [2.45, 2.75) is 10.1 Å². The molecule has 126 valence electrons. The third-order valence-electron chi connectivity index (χ3n) is 3.53. The van der Waals surface area contributed by atoms with Gasteiger partial charge in [-0.15, -0.1) is 11.8 Å². The van der Waals surface area contributed by atoms with Gasteiger partial charge < -0.3 is 5.32 Å². The lowest BCUT2D eigenvalue weighted by Gasteiger charge is -2.17. The van der Waals surface area contributed by atoms with Crippen LogP contribution < -0.4 is 5.32 Å². The minimum atomic E-state index is -0.480. The molecule has 3 aromatic carbocycles. The van der Waals surface area contributed by atoms with Crippen molar-refractivity contribution in [3.05, 3.63) is 94.7 Å². The van der Waals surface area contributed by atoms with Gasteiger partial charge in [0.2, 0.25) is 5.91 Å². The maximum Gasteiger partial charge on any atom is 0.242 e. The molecule has 0 unspecified atom stereocenters. The van der Waals surface area contributed by atoms with Crippen molar-refractivity contribution in [1.29, 1.82) is 0 Å². The fraction of sp³-hybridized carbons (Fsp3) is 0.0500. The van der Waals surface area contributed by atoms with Gasteiger partial charge in [0.05, 0.1) is 5.69 Å². The Morgan fingerprint density at radius 1 is 0.960 bits per heavy atom. The van der Waals surface area contributed by atoms with E-state index in [2.05, 4.69) is 21.2 Å². The molecule has 1 N–H and O–H groups in total. The van der Waals surface area contributed by atoms with Gasteiger partial charge in [0, 0.05) is 9.37 Å². The first-order valence-electron chi connectivity index (χ1n) is 7.66. The first-order valence-corrected chi connectivity index (χ1v) is 9.33. The Morgan fingerprint density at radius 3 is 2.24 bits per heavy atom. The molecule has 2 nitrogen and oxygen atoms in total. The van der Waals surface area contributed by atoms with Crippen LogP contribution in [0, 0.1) is 5.82 Å². The molecular formula is C20H15BrFNOS. The standard InChI is InChI=1S/C20H15BrFNOS/c21-15-11-12-18(17(22)13-15)23-20(24)19(14-7-3-1-4-8-14)25-16-9-5-2-6-10-16/h1-13,19H,(H,23,24)/t19-/m1/s1. The second-order valence-electron chi connectivity index (χ2n) is 5.34. The lowest BCUT2D eigenvalue weighted by molar-refractivity contribution is -0.115. The molecule has 0 bridgehead atoms. The van der Waals surface area contributed by atoms with Gasteiger partial charge >= 0.3 is 0 Å². The van der Waals surface area contributed by atoms with Gasteiger partial charge in [0.1, 0.15) is 11.1 Å². The van der Waals surface area contributed by atoms with Gasteiger partial charge in [-0.2, -0.15) is 0 Å². The van der Waals surface area contributed by atoms with E-state index in [0.29, 0.717) is 4.47 Å². The Hall–Kier alpha value is -2.11. The van der Waals surface area contributed by atoms with Crippen LogP contribution in [0.1, 0.15) is 10.8 Å². The van der Waals surface area contributed by atoms with E-state index in [1.807, 2.05) is 60.7 Å². The third kappa shape index (κ3) is 4.71. The van der Waals surface area contributed by atoms with E-state index in [9.17, 15) is 9.18 Å². The number of benzene rings is 3. The van der Waals surface area contributed by atoms with E-state index < -0.39 is 11.1 Å². The summed E-state index contributed by atoms with van der Waals surface area (Å²) in [7, 11) is 0. The summed E-state index contributed by atoms with van der Waals surface area (Å²) in [5.74, 6) is -0.736. The monoisotopic (exact) mass is 415 g/mol. The highest BCUT2D eigenvalue weighted by Gasteiger charge is 2.23. The van der Waals surface area contributed by atoms with E-state index >= 15 is 0 Å². The van der Waals surface area contributed by atoms with Crippen molar-refractivity contribution in [2.75, 3.05) is 5.32 Å². The van der Waals surface area contributed by atoms with Crippen LogP contribution in [0.15, 0.2) is 88.2 Å².